The Labute approximate surface area is 120 Å². The van der Waals surface area contributed by atoms with Gasteiger partial charge in [0.05, 0.1) is 0 Å². The van der Waals surface area contributed by atoms with Crippen LogP contribution in [0, 0.1) is 6.92 Å². The minimum Gasteiger partial charge on any atom is -0.490 e. The largest absolute Gasteiger partial charge is 0.490 e. The highest BCUT2D eigenvalue weighted by atomic mass is 16.5. The van der Waals surface area contributed by atoms with E-state index in [1.165, 1.54) is 0 Å². The van der Waals surface area contributed by atoms with Crippen LogP contribution < -0.4 is 10.1 Å². The minimum absolute atomic E-state index is 0.0431. The first kappa shape index (κ1) is 14.9. The zero-order chi connectivity index (χ0) is 14.8. The topological polar surface area (TPSA) is 58.6 Å². The van der Waals surface area contributed by atoms with Crippen LogP contribution >= 0.6 is 0 Å². The number of aryl methyl sites for hydroxylation is 1. The Kier molecular flexibility index (Phi) is 4.33. The summed E-state index contributed by atoms with van der Waals surface area (Å²) in [5, 5.41) is 12.7. The molecule has 20 heavy (non-hydrogen) atoms. The van der Waals surface area contributed by atoms with Crippen molar-refractivity contribution in [3.8, 4) is 5.75 Å². The zero-order valence-electron chi connectivity index (χ0n) is 12.3. The molecule has 0 aliphatic heterocycles. The number of rotatable bonds is 5. The summed E-state index contributed by atoms with van der Waals surface area (Å²) < 4.78 is 5.99. The molecule has 0 spiro atoms. The maximum atomic E-state index is 11.6. The second-order valence-electron chi connectivity index (χ2n) is 5.93. The van der Waals surface area contributed by atoms with Crippen molar-refractivity contribution < 1.29 is 14.6 Å². The highest BCUT2D eigenvalue weighted by molar-refractivity contribution is 5.79. The third-order valence-electron chi connectivity index (χ3n) is 3.83. The molecule has 2 rings (SSSR count). The molecule has 0 saturated heterocycles. The summed E-state index contributed by atoms with van der Waals surface area (Å²) in [6.07, 6.45) is 1.84. The molecule has 0 bridgehead atoms. The third-order valence-corrected chi connectivity index (χ3v) is 3.83. The third kappa shape index (κ3) is 3.12. The van der Waals surface area contributed by atoms with Crippen molar-refractivity contribution in [2.24, 2.45) is 0 Å². The number of aliphatic carboxylic acids is 1. The fraction of sp³-hybridized carbons (Fsp3) is 0.562. The van der Waals surface area contributed by atoms with Gasteiger partial charge >= 0.3 is 5.97 Å². The van der Waals surface area contributed by atoms with Crippen LogP contribution in [0.25, 0.3) is 0 Å². The molecule has 1 aromatic rings. The molecule has 0 heterocycles. The van der Waals surface area contributed by atoms with E-state index in [2.05, 4.69) is 5.32 Å². The van der Waals surface area contributed by atoms with Crippen LogP contribution in [0.4, 0.5) is 0 Å². The van der Waals surface area contributed by atoms with Crippen LogP contribution in [0.1, 0.15) is 38.7 Å². The molecule has 110 valence electrons. The highest BCUT2D eigenvalue weighted by Crippen LogP contribution is 2.34. The Balaban J connectivity index is 2.07. The molecule has 1 aliphatic rings. The zero-order valence-corrected chi connectivity index (χ0v) is 12.3. The first-order valence-corrected chi connectivity index (χ1v) is 7.16. The van der Waals surface area contributed by atoms with Crippen molar-refractivity contribution in [2.75, 3.05) is 0 Å². The summed E-state index contributed by atoms with van der Waals surface area (Å²) in [5.41, 5.74) is 0.235. The molecule has 0 amide bonds. The molecule has 1 fully saturated rings. The number of nitrogens with one attached hydrogen (secondary N) is 1. The van der Waals surface area contributed by atoms with Crippen LogP contribution in [-0.2, 0) is 4.79 Å². The van der Waals surface area contributed by atoms with Crippen molar-refractivity contribution in [3.63, 3.8) is 0 Å². The average Bonchev–Trinajstić information content (AvgIpc) is 2.76. The van der Waals surface area contributed by atoms with Gasteiger partial charge in [0.15, 0.2) is 0 Å². The van der Waals surface area contributed by atoms with Gasteiger partial charge in [0.1, 0.15) is 17.4 Å². The Morgan fingerprint density at radius 2 is 2.15 bits per heavy atom. The SMILES string of the molecule is Cc1ccccc1OC1CCC(NC(C)C)(C(=O)O)C1. The van der Waals surface area contributed by atoms with E-state index in [0.717, 1.165) is 17.7 Å². The van der Waals surface area contributed by atoms with Gasteiger partial charge in [-0.1, -0.05) is 18.2 Å². The Hall–Kier alpha value is -1.55. The van der Waals surface area contributed by atoms with Crippen molar-refractivity contribution in [1.29, 1.82) is 0 Å². The van der Waals surface area contributed by atoms with Crippen LogP contribution in [0.2, 0.25) is 0 Å². The lowest BCUT2D eigenvalue weighted by Crippen LogP contribution is -2.53. The van der Waals surface area contributed by atoms with E-state index in [1.807, 2.05) is 45.0 Å². The van der Waals surface area contributed by atoms with E-state index in [-0.39, 0.29) is 12.1 Å². The highest BCUT2D eigenvalue weighted by Gasteiger charge is 2.46. The minimum atomic E-state index is -0.846. The molecule has 0 radical (unpaired) electrons. The number of carboxylic acids is 1. The molecule has 1 aromatic carbocycles. The van der Waals surface area contributed by atoms with E-state index >= 15 is 0 Å². The number of carboxylic acid groups (broad SMARTS) is 1. The molecule has 2 N–H and O–H groups in total. The van der Waals surface area contributed by atoms with Crippen molar-refractivity contribution >= 4 is 5.97 Å². The lowest BCUT2D eigenvalue weighted by molar-refractivity contribution is -0.145. The second kappa shape index (κ2) is 5.83. The number of hydrogen-bond acceptors (Lipinski definition) is 3. The van der Waals surface area contributed by atoms with E-state index in [0.29, 0.717) is 12.8 Å². The van der Waals surface area contributed by atoms with Gasteiger partial charge in [-0.3, -0.25) is 10.1 Å². The van der Waals surface area contributed by atoms with Gasteiger partial charge in [-0.15, -0.1) is 0 Å². The second-order valence-corrected chi connectivity index (χ2v) is 5.93. The molecule has 2 unspecified atom stereocenters. The van der Waals surface area contributed by atoms with Gasteiger partial charge in [-0.25, -0.2) is 0 Å². The summed E-state index contributed by atoms with van der Waals surface area (Å²) in [5.74, 6) is 0.0744. The molecule has 1 aliphatic carbocycles. The average molecular weight is 277 g/mol. The van der Waals surface area contributed by atoms with Crippen molar-refractivity contribution in [1.82, 2.24) is 5.32 Å². The fourth-order valence-electron chi connectivity index (χ4n) is 2.91. The summed E-state index contributed by atoms with van der Waals surface area (Å²) in [6, 6.07) is 7.99. The first-order valence-electron chi connectivity index (χ1n) is 7.16. The molecular formula is C16H23NO3. The molecule has 4 nitrogen and oxygen atoms in total. The van der Waals surface area contributed by atoms with E-state index < -0.39 is 11.5 Å². The molecular weight excluding hydrogens is 254 g/mol. The van der Waals surface area contributed by atoms with Crippen LogP contribution in [0.15, 0.2) is 24.3 Å². The number of ether oxygens (including phenoxy) is 1. The summed E-state index contributed by atoms with van der Waals surface area (Å²) in [6.45, 7) is 5.95. The Morgan fingerprint density at radius 3 is 2.75 bits per heavy atom. The maximum Gasteiger partial charge on any atom is 0.324 e. The molecule has 2 atom stereocenters. The van der Waals surface area contributed by atoms with Gasteiger partial charge in [0, 0.05) is 12.5 Å². The molecule has 1 saturated carbocycles. The molecule has 0 aromatic heterocycles. The number of carbonyl (C=O) groups is 1. The fourth-order valence-corrected chi connectivity index (χ4v) is 2.91. The number of benzene rings is 1. The number of para-hydroxylation sites is 1. The van der Waals surface area contributed by atoms with Crippen LogP contribution in [0.3, 0.4) is 0 Å². The van der Waals surface area contributed by atoms with Crippen LogP contribution in [0.5, 0.6) is 5.75 Å². The van der Waals surface area contributed by atoms with Gasteiger partial charge in [-0.2, -0.15) is 0 Å². The Bertz CT molecular complexity index is 486. The standard InChI is InChI=1S/C16H23NO3/c1-11(2)17-16(15(18)19)9-8-13(10-16)20-14-7-5-4-6-12(14)3/h4-7,11,13,17H,8-10H2,1-3H3,(H,18,19). The maximum absolute atomic E-state index is 11.6. The van der Waals surface area contributed by atoms with E-state index in [1.54, 1.807) is 0 Å². The molecule has 4 heteroatoms. The lowest BCUT2D eigenvalue weighted by Gasteiger charge is -2.28. The summed E-state index contributed by atoms with van der Waals surface area (Å²) >= 11 is 0. The van der Waals surface area contributed by atoms with Gasteiger partial charge < -0.3 is 9.84 Å². The summed E-state index contributed by atoms with van der Waals surface area (Å²) in [4.78, 5) is 11.6. The van der Waals surface area contributed by atoms with E-state index in [9.17, 15) is 9.90 Å². The number of hydrogen-bond donors (Lipinski definition) is 2. The van der Waals surface area contributed by atoms with Gasteiger partial charge in [-0.05, 0) is 45.2 Å². The van der Waals surface area contributed by atoms with Gasteiger partial charge in [0.25, 0.3) is 0 Å². The quantitative estimate of drug-likeness (QED) is 0.869. The van der Waals surface area contributed by atoms with E-state index in [4.69, 9.17) is 4.74 Å². The van der Waals surface area contributed by atoms with Crippen molar-refractivity contribution in [2.45, 2.75) is 57.7 Å². The van der Waals surface area contributed by atoms with Gasteiger partial charge in [0.2, 0.25) is 0 Å². The smallest absolute Gasteiger partial charge is 0.324 e. The Morgan fingerprint density at radius 1 is 1.45 bits per heavy atom. The monoisotopic (exact) mass is 277 g/mol. The predicted molar refractivity (Wildman–Crippen MR) is 78.1 cm³/mol. The predicted octanol–water partition coefficient (Wildman–Crippen LogP) is 2.75. The lowest BCUT2D eigenvalue weighted by atomic mass is 9.96. The van der Waals surface area contributed by atoms with Crippen molar-refractivity contribution in [3.05, 3.63) is 29.8 Å². The first-order chi connectivity index (χ1) is 9.43. The van der Waals surface area contributed by atoms with Crippen LogP contribution in [-0.4, -0.2) is 28.8 Å². The normalized spacial score (nSPS) is 25.9. The summed E-state index contributed by atoms with van der Waals surface area (Å²) in [7, 11) is 0.